The van der Waals surface area contributed by atoms with Gasteiger partial charge in [-0.15, -0.1) is 0 Å². The van der Waals surface area contributed by atoms with E-state index in [2.05, 4.69) is 10.3 Å². The minimum Gasteiger partial charge on any atom is -0.489 e. The van der Waals surface area contributed by atoms with E-state index in [1.807, 2.05) is 6.92 Å². The van der Waals surface area contributed by atoms with E-state index in [1.165, 1.54) is 25.1 Å². The van der Waals surface area contributed by atoms with Crippen LogP contribution in [-0.4, -0.2) is 28.6 Å². The zero-order valence-electron chi connectivity index (χ0n) is 14.6. The standard InChI is InChI=1S/C18H17Cl2FN2O4/c1-3-4-7-27-17-11(19)6-5-10(15(17)21)12-8-13(22-9(2)24)14(20)16(23-12)18(25)26/h5-6,8H,3-4,7H2,1-2H3,(H,25,26)(H,22,23,24). The van der Waals surface area contributed by atoms with E-state index in [9.17, 15) is 19.1 Å². The first-order chi connectivity index (χ1) is 12.8. The van der Waals surface area contributed by atoms with Gasteiger partial charge >= 0.3 is 5.97 Å². The summed E-state index contributed by atoms with van der Waals surface area (Å²) in [6, 6.07) is 4.07. The molecule has 144 valence electrons. The van der Waals surface area contributed by atoms with Crippen molar-refractivity contribution in [3.63, 3.8) is 0 Å². The molecule has 1 amide bonds. The number of benzene rings is 1. The number of anilines is 1. The molecule has 0 radical (unpaired) electrons. The van der Waals surface area contributed by atoms with Crippen LogP contribution >= 0.6 is 23.2 Å². The van der Waals surface area contributed by atoms with Crippen LogP contribution in [0.2, 0.25) is 10.0 Å². The van der Waals surface area contributed by atoms with Crippen LogP contribution in [0.3, 0.4) is 0 Å². The molecule has 0 aliphatic carbocycles. The Balaban J connectivity index is 2.60. The number of hydrogen-bond donors (Lipinski definition) is 2. The first-order valence-electron chi connectivity index (χ1n) is 8.08. The highest BCUT2D eigenvalue weighted by Gasteiger charge is 2.22. The predicted octanol–water partition coefficient (Wildman–Crippen LogP) is 5.03. The average Bonchev–Trinajstić information content (AvgIpc) is 2.59. The molecule has 2 N–H and O–H groups in total. The number of carboxylic acid groups (broad SMARTS) is 1. The molecule has 0 spiro atoms. The van der Waals surface area contributed by atoms with Gasteiger partial charge < -0.3 is 15.2 Å². The number of amides is 1. The molecule has 0 fully saturated rings. The maximum absolute atomic E-state index is 15.0. The summed E-state index contributed by atoms with van der Waals surface area (Å²) in [6.07, 6.45) is 1.58. The lowest BCUT2D eigenvalue weighted by atomic mass is 10.1. The molecule has 6 nitrogen and oxygen atoms in total. The van der Waals surface area contributed by atoms with E-state index in [0.29, 0.717) is 0 Å². The Bertz CT molecular complexity index is 890. The Morgan fingerprint density at radius 3 is 2.63 bits per heavy atom. The van der Waals surface area contributed by atoms with Crippen LogP contribution in [0, 0.1) is 5.82 Å². The molecule has 9 heteroatoms. The lowest BCUT2D eigenvalue weighted by Gasteiger charge is -2.14. The number of carbonyl (C=O) groups excluding carboxylic acids is 1. The quantitative estimate of drug-likeness (QED) is 0.620. The summed E-state index contributed by atoms with van der Waals surface area (Å²) >= 11 is 12.0. The number of hydrogen-bond acceptors (Lipinski definition) is 4. The Hall–Kier alpha value is -2.38. The lowest BCUT2D eigenvalue weighted by molar-refractivity contribution is -0.114. The normalized spacial score (nSPS) is 10.6. The van der Waals surface area contributed by atoms with Gasteiger partial charge in [-0.05, 0) is 24.6 Å². The zero-order valence-corrected chi connectivity index (χ0v) is 16.1. The van der Waals surface area contributed by atoms with Crippen molar-refractivity contribution in [2.45, 2.75) is 26.7 Å². The van der Waals surface area contributed by atoms with Crippen LogP contribution in [-0.2, 0) is 4.79 Å². The maximum atomic E-state index is 15.0. The number of aromatic nitrogens is 1. The van der Waals surface area contributed by atoms with Gasteiger partial charge in [0, 0.05) is 12.5 Å². The molecule has 0 aliphatic heterocycles. The molecule has 0 bridgehead atoms. The van der Waals surface area contributed by atoms with Gasteiger partial charge in [0.15, 0.2) is 17.3 Å². The fourth-order valence-electron chi connectivity index (χ4n) is 2.27. The minimum absolute atomic E-state index is 0.00867. The Morgan fingerprint density at radius 2 is 2.04 bits per heavy atom. The molecule has 1 heterocycles. The van der Waals surface area contributed by atoms with Crippen molar-refractivity contribution in [2.24, 2.45) is 0 Å². The number of nitrogens with zero attached hydrogens (tertiary/aromatic N) is 1. The maximum Gasteiger partial charge on any atom is 0.356 e. The number of halogens is 3. The first kappa shape index (κ1) is 20.9. The van der Waals surface area contributed by atoms with Crippen LogP contribution < -0.4 is 10.1 Å². The molecule has 0 atom stereocenters. The summed E-state index contributed by atoms with van der Waals surface area (Å²) in [4.78, 5) is 26.7. The molecule has 0 aliphatic rings. The fourth-order valence-corrected chi connectivity index (χ4v) is 2.70. The SMILES string of the molecule is CCCCOc1c(Cl)ccc(-c2cc(NC(C)=O)c(Cl)c(C(=O)O)n2)c1F. The molecule has 1 aromatic carbocycles. The van der Waals surface area contributed by atoms with Crippen molar-refractivity contribution >= 4 is 40.8 Å². The minimum atomic E-state index is -1.41. The van der Waals surface area contributed by atoms with Crippen molar-refractivity contribution in [3.05, 3.63) is 39.8 Å². The first-order valence-corrected chi connectivity index (χ1v) is 8.84. The van der Waals surface area contributed by atoms with Gasteiger partial charge in [-0.2, -0.15) is 0 Å². The fraction of sp³-hybridized carbons (Fsp3) is 0.278. The highest BCUT2D eigenvalue weighted by molar-refractivity contribution is 6.36. The predicted molar refractivity (Wildman–Crippen MR) is 101 cm³/mol. The van der Waals surface area contributed by atoms with Crippen LogP contribution in [0.15, 0.2) is 18.2 Å². The van der Waals surface area contributed by atoms with E-state index >= 15 is 0 Å². The monoisotopic (exact) mass is 414 g/mol. The number of rotatable bonds is 7. The smallest absolute Gasteiger partial charge is 0.356 e. The number of nitrogens with one attached hydrogen (secondary N) is 1. The van der Waals surface area contributed by atoms with Crippen LogP contribution in [0.1, 0.15) is 37.2 Å². The summed E-state index contributed by atoms with van der Waals surface area (Å²) in [7, 11) is 0. The largest absolute Gasteiger partial charge is 0.489 e. The van der Waals surface area contributed by atoms with Crippen LogP contribution in [0.4, 0.5) is 10.1 Å². The van der Waals surface area contributed by atoms with Crippen molar-refractivity contribution in [2.75, 3.05) is 11.9 Å². The van der Waals surface area contributed by atoms with Gasteiger partial charge in [-0.1, -0.05) is 36.5 Å². The molecule has 1 aromatic heterocycles. The summed E-state index contributed by atoms with van der Waals surface area (Å²) in [5.41, 5.74) is -0.568. The van der Waals surface area contributed by atoms with Gasteiger partial charge in [0.2, 0.25) is 5.91 Å². The molecule has 2 rings (SSSR count). The van der Waals surface area contributed by atoms with E-state index in [-0.39, 0.29) is 39.3 Å². The molecular weight excluding hydrogens is 398 g/mol. The molecule has 2 aromatic rings. The van der Waals surface area contributed by atoms with Crippen molar-refractivity contribution in [3.8, 4) is 17.0 Å². The Labute approximate surface area is 165 Å². The van der Waals surface area contributed by atoms with E-state index < -0.39 is 23.4 Å². The second-order valence-corrected chi connectivity index (χ2v) is 6.43. The van der Waals surface area contributed by atoms with E-state index in [4.69, 9.17) is 27.9 Å². The van der Waals surface area contributed by atoms with Crippen LogP contribution in [0.5, 0.6) is 5.75 Å². The molecule has 0 saturated heterocycles. The number of pyridine rings is 1. The number of unbranched alkanes of at least 4 members (excludes halogenated alkanes) is 1. The van der Waals surface area contributed by atoms with Gasteiger partial charge in [0.1, 0.15) is 0 Å². The van der Waals surface area contributed by atoms with Gasteiger partial charge in [0.05, 0.1) is 28.0 Å². The van der Waals surface area contributed by atoms with Crippen molar-refractivity contribution in [1.29, 1.82) is 0 Å². The number of carboxylic acids is 1. The highest BCUT2D eigenvalue weighted by Crippen LogP contribution is 2.37. The third kappa shape index (κ3) is 4.87. The third-order valence-corrected chi connectivity index (χ3v) is 4.22. The van der Waals surface area contributed by atoms with Crippen LogP contribution in [0.25, 0.3) is 11.3 Å². The molecule has 0 unspecified atom stereocenters. The summed E-state index contributed by atoms with van der Waals surface area (Å²) in [5, 5.41) is 11.6. The van der Waals surface area contributed by atoms with Gasteiger partial charge in [-0.3, -0.25) is 4.79 Å². The second-order valence-electron chi connectivity index (χ2n) is 5.64. The topological polar surface area (TPSA) is 88.5 Å². The summed E-state index contributed by atoms with van der Waals surface area (Å²) in [5.74, 6) is -2.80. The van der Waals surface area contributed by atoms with Gasteiger partial charge in [-0.25, -0.2) is 14.2 Å². The molecular formula is C18H17Cl2FN2O4. The third-order valence-electron chi connectivity index (χ3n) is 3.54. The highest BCUT2D eigenvalue weighted by atomic mass is 35.5. The number of ether oxygens (including phenoxy) is 1. The lowest BCUT2D eigenvalue weighted by Crippen LogP contribution is -2.11. The summed E-state index contributed by atoms with van der Waals surface area (Å²) in [6.45, 7) is 3.48. The average molecular weight is 415 g/mol. The molecule has 0 saturated carbocycles. The Kier molecular flexibility index (Phi) is 6.98. The zero-order chi connectivity index (χ0) is 20.1. The summed E-state index contributed by atoms with van der Waals surface area (Å²) < 4.78 is 20.4. The second kappa shape index (κ2) is 9.01. The molecule has 27 heavy (non-hydrogen) atoms. The number of carbonyl (C=O) groups is 2. The van der Waals surface area contributed by atoms with Crippen molar-refractivity contribution in [1.82, 2.24) is 4.98 Å². The van der Waals surface area contributed by atoms with E-state index in [0.717, 1.165) is 12.8 Å². The Morgan fingerprint density at radius 1 is 1.33 bits per heavy atom. The van der Waals surface area contributed by atoms with E-state index in [1.54, 1.807) is 0 Å². The van der Waals surface area contributed by atoms with Crippen molar-refractivity contribution < 1.29 is 23.8 Å². The van der Waals surface area contributed by atoms with Gasteiger partial charge in [0.25, 0.3) is 0 Å². The number of aromatic carboxylic acids is 1.